The first kappa shape index (κ1) is 27.4. The molecule has 0 spiro atoms. The lowest BCUT2D eigenvalue weighted by atomic mass is 9.96. The first-order valence-electron chi connectivity index (χ1n) is 13.8. The van der Waals surface area contributed by atoms with Gasteiger partial charge in [0.05, 0.1) is 5.92 Å². The summed E-state index contributed by atoms with van der Waals surface area (Å²) in [5.41, 5.74) is 5.63. The summed E-state index contributed by atoms with van der Waals surface area (Å²) in [7, 11) is 1.91. The molecule has 2 aliphatic rings. The second-order valence-electron chi connectivity index (χ2n) is 10.6. The summed E-state index contributed by atoms with van der Waals surface area (Å²) >= 11 is 0. The second kappa shape index (κ2) is 12.3. The molecule has 1 saturated heterocycles. The molecule has 2 amide bonds. The Hall–Kier alpha value is -4.17. The minimum absolute atomic E-state index is 0.0805. The molecule has 1 aliphatic carbocycles. The molecule has 3 aromatic carbocycles. The number of rotatable bonds is 9. The highest BCUT2D eigenvalue weighted by Crippen LogP contribution is 2.44. The minimum atomic E-state index is -0.831. The highest BCUT2D eigenvalue weighted by Gasteiger charge is 2.33. The van der Waals surface area contributed by atoms with E-state index in [1.807, 2.05) is 66.5 Å². The standard InChI is InChI=1S/C32H35N3O5/c1-34(19-22-9-3-2-4-10-22)20-29(30(36)35-17-15-23(16-18-35)31(37)38)33-32(39)40-21-28-26-13-7-5-11-24(26)25-12-6-8-14-27(25)28/h2-14,23,28-29H,15-21H2,1H3,(H,33,39)(H,37,38). The molecule has 2 N–H and O–H groups in total. The van der Waals surface area contributed by atoms with E-state index in [9.17, 15) is 19.5 Å². The molecule has 1 aliphatic heterocycles. The van der Waals surface area contributed by atoms with Crippen LogP contribution in [-0.2, 0) is 20.9 Å². The number of likely N-dealkylation sites (tertiary alicyclic amines) is 1. The van der Waals surface area contributed by atoms with Crippen LogP contribution in [0.4, 0.5) is 4.79 Å². The number of carbonyl (C=O) groups excluding carboxylic acids is 2. The minimum Gasteiger partial charge on any atom is -0.481 e. The molecule has 208 valence electrons. The topological polar surface area (TPSA) is 99.2 Å². The number of benzene rings is 3. The predicted octanol–water partition coefficient (Wildman–Crippen LogP) is 4.35. The maximum atomic E-state index is 13.6. The molecule has 1 unspecified atom stereocenters. The number of nitrogens with zero attached hydrogens (tertiary/aromatic N) is 2. The molecule has 0 aromatic heterocycles. The van der Waals surface area contributed by atoms with Gasteiger partial charge in [-0.15, -0.1) is 0 Å². The van der Waals surface area contributed by atoms with Gasteiger partial charge in [0.1, 0.15) is 12.6 Å². The van der Waals surface area contributed by atoms with Crippen LogP contribution in [0.2, 0.25) is 0 Å². The number of ether oxygens (including phenoxy) is 1. The molecule has 1 heterocycles. The van der Waals surface area contributed by atoms with Gasteiger partial charge in [-0.1, -0.05) is 78.9 Å². The molecule has 0 saturated carbocycles. The van der Waals surface area contributed by atoms with Gasteiger partial charge in [-0.3, -0.25) is 14.5 Å². The van der Waals surface area contributed by atoms with Crippen molar-refractivity contribution in [1.82, 2.24) is 15.1 Å². The maximum absolute atomic E-state index is 13.6. The molecule has 8 heteroatoms. The quantitative estimate of drug-likeness (QED) is 0.418. The van der Waals surface area contributed by atoms with Gasteiger partial charge in [-0.25, -0.2) is 4.79 Å². The predicted molar refractivity (Wildman–Crippen MR) is 152 cm³/mol. The molecule has 8 nitrogen and oxygen atoms in total. The van der Waals surface area contributed by atoms with E-state index in [1.54, 1.807) is 4.90 Å². The van der Waals surface area contributed by atoms with Crippen LogP contribution >= 0.6 is 0 Å². The first-order chi connectivity index (χ1) is 19.4. The molecule has 0 radical (unpaired) electrons. The number of alkyl carbamates (subject to hydrolysis) is 1. The number of fused-ring (bicyclic) bond motifs is 3. The lowest BCUT2D eigenvalue weighted by molar-refractivity contribution is -0.146. The van der Waals surface area contributed by atoms with Crippen LogP contribution in [0, 0.1) is 5.92 Å². The molecular formula is C32H35N3O5. The zero-order chi connectivity index (χ0) is 28.1. The summed E-state index contributed by atoms with van der Waals surface area (Å²) in [5.74, 6) is -1.58. The van der Waals surface area contributed by atoms with Crippen molar-refractivity contribution in [3.63, 3.8) is 0 Å². The molecule has 1 fully saturated rings. The van der Waals surface area contributed by atoms with Crippen molar-refractivity contribution in [2.45, 2.75) is 31.3 Å². The van der Waals surface area contributed by atoms with Crippen molar-refractivity contribution in [2.24, 2.45) is 5.92 Å². The van der Waals surface area contributed by atoms with Crippen molar-refractivity contribution in [3.05, 3.63) is 95.6 Å². The molecular weight excluding hydrogens is 506 g/mol. The van der Waals surface area contributed by atoms with Gasteiger partial charge >= 0.3 is 12.1 Å². The van der Waals surface area contributed by atoms with Crippen LogP contribution in [0.3, 0.4) is 0 Å². The summed E-state index contributed by atoms with van der Waals surface area (Å²) in [6.07, 6.45) is 0.158. The van der Waals surface area contributed by atoms with Crippen molar-refractivity contribution in [3.8, 4) is 11.1 Å². The average Bonchev–Trinajstić information content (AvgIpc) is 3.29. The third kappa shape index (κ3) is 6.18. The normalized spacial score (nSPS) is 15.8. The Labute approximate surface area is 234 Å². The SMILES string of the molecule is CN(Cc1ccccc1)CC(NC(=O)OCC1c2ccccc2-c2ccccc21)C(=O)N1CCC(C(=O)O)CC1. The zero-order valence-corrected chi connectivity index (χ0v) is 22.7. The van der Waals surface area contributed by atoms with Crippen LogP contribution in [0.1, 0.15) is 35.4 Å². The van der Waals surface area contributed by atoms with E-state index in [1.165, 1.54) is 0 Å². The Balaban J connectivity index is 1.26. The van der Waals surface area contributed by atoms with Gasteiger partial charge < -0.3 is 20.1 Å². The molecule has 0 bridgehead atoms. The summed E-state index contributed by atoms with van der Waals surface area (Å²) in [6.45, 7) is 1.75. The third-order valence-corrected chi connectivity index (χ3v) is 7.88. The Kier molecular flexibility index (Phi) is 8.45. The fourth-order valence-corrected chi connectivity index (χ4v) is 5.81. The van der Waals surface area contributed by atoms with E-state index in [0.29, 0.717) is 32.5 Å². The van der Waals surface area contributed by atoms with Crippen LogP contribution in [0.15, 0.2) is 78.9 Å². The number of nitrogens with one attached hydrogen (secondary N) is 1. The summed E-state index contributed by atoms with van der Waals surface area (Å²) < 4.78 is 5.74. The maximum Gasteiger partial charge on any atom is 0.407 e. The first-order valence-corrected chi connectivity index (χ1v) is 13.8. The second-order valence-corrected chi connectivity index (χ2v) is 10.6. The van der Waals surface area contributed by atoms with E-state index >= 15 is 0 Å². The smallest absolute Gasteiger partial charge is 0.407 e. The number of hydrogen-bond acceptors (Lipinski definition) is 5. The highest BCUT2D eigenvalue weighted by molar-refractivity contribution is 5.86. The van der Waals surface area contributed by atoms with Gasteiger partial charge in [0.15, 0.2) is 0 Å². The van der Waals surface area contributed by atoms with Gasteiger partial charge in [-0.2, -0.15) is 0 Å². The van der Waals surface area contributed by atoms with E-state index in [2.05, 4.69) is 29.6 Å². The van der Waals surface area contributed by atoms with Crippen LogP contribution in [0.25, 0.3) is 11.1 Å². The van der Waals surface area contributed by atoms with Crippen LogP contribution in [-0.4, -0.2) is 72.2 Å². The van der Waals surface area contributed by atoms with Crippen molar-refractivity contribution >= 4 is 18.0 Å². The summed E-state index contributed by atoms with van der Waals surface area (Å²) in [6, 6.07) is 25.4. The number of likely N-dealkylation sites (N-methyl/N-ethyl adjacent to an activating group) is 1. The molecule has 3 aromatic rings. The fourth-order valence-electron chi connectivity index (χ4n) is 5.81. The van der Waals surface area contributed by atoms with Gasteiger partial charge in [-0.05, 0) is 47.7 Å². The van der Waals surface area contributed by atoms with Gasteiger partial charge in [0.25, 0.3) is 0 Å². The Bertz CT molecular complexity index is 1310. The molecule has 1 atom stereocenters. The van der Waals surface area contributed by atoms with Crippen LogP contribution in [0.5, 0.6) is 0 Å². The van der Waals surface area contributed by atoms with Crippen molar-refractivity contribution in [2.75, 3.05) is 33.3 Å². The Morgan fingerprint density at radius 2 is 1.50 bits per heavy atom. The fraction of sp³-hybridized carbons (Fsp3) is 0.344. The van der Waals surface area contributed by atoms with E-state index in [4.69, 9.17) is 4.74 Å². The summed E-state index contributed by atoms with van der Waals surface area (Å²) in [4.78, 5) is 41.7. The molecule has 5 rings (SSSR count). The number of aliphatic carboxylic acids is 1. The van der Waals surface area contributed by atoms with Gasteiger partial charge in [0.2, 0.25) is 5.91 Å². The number of amides is 2. The molecule has 40 heavy (non-hydrogen) atoms. The van der Waals surface area contributed by atoms with Crippen molar-refractivity contribution in [1.29, 1.82) is 0 Å². The largest absolute Gasteiger partial charge is 0.481 e. The number of hydrogen-bond donors (Lipinski definition) is 2. The third-order valence-electron chi connectivity index (χ3n) is 7.88. The van der Waals surface area contributed by atoms with E-state index < -0.39 is 24.0 Å². The summed E-state index contributed by atoms with van der Waals surface area (Å²) in [5, 5.41) is 12.2. The van der Waals surface area contributed by atoms with E-state index in [0.717, 1.165) is 27.8 Å². The number of carboxylic acid groups (broad SMARTS) is 1. The van der Waals surface area contributed by atoms with Crippen LogP contribution < -0.4 is 5.32 Å². The Morgan fingerprint density at radius 1 is 0.925 bits per heavy atom. The number of carbonyl (C=O) groups is 3. The Morgan fingerprint density at radius 3 is 2.10 bits per heavy atom. The average molecular weight is 542 g/mol. The highest BCUT2D eigenvalue weighted by atomic mass is 16.5. The van der Waals surface area contributed by atoms with E-state index in [-0.39, 0.29) is 25.0 Å². The van der Waals surface area contributed by atoms with Crippen molar-refractivity contribution < 1.29 is 24.2 Å². The number of piperidine rings is 1. The monoisotopic (exact) mass is 541 g/mol. The van der Waals surface area contributed by atoms with Gasteiger partial charge in [0, 0.05) is 32.1 Å². The zero-order valence-electron chi connectivity index (χ0n) is 22.7. The lowest BCUT2D eigenvalue weighted by Crippen LogP contribution is -2.55. The lowest BCUT2D eigenvalue weighted by Gasteiger charge is -2.34. The number of carboxylic acids is 1.